The van der Waals surface area contributed by atoms with Crippen molar-refractivity contribution in [3.63, 3.8) is 0 Å². The molecule has 0 aliphatic carbocycles. The molecule has 5 nitrogen and oxygen atoms in total. The fraction of sp³-hybridized carbons (Fsp3) is 0.500. The molecule has 5 heteroatoms. The summed E-state index contributed by atoms with van der Waals surface area (Å²) in [6, 6.07) is 13.9. The van der Waals surface area contributed by atoms with Gasteiger partial charge in [-0.2, -0.15) is 0 Å². The molecule has 0 radical (unpaired) electrons. The molecular formula is C30H38N2O3. The highest BCUT2D eigenvalue weighted by Crippen LogP contribution is 2.29. The number of hydrogen-bond acceptors (Lipinski definition) is 5. The van der Waals surface area contributed by atoms with Gasteiger partial charge in [0.2, 0.25) is 0 Å². The molecule has 2 aromatic rings. The highest BCUT2D eigenvalue weighted by Gasteiger charge is 2.22. The van der Waals surface area contributed by atoms with Gasteiger partial charge in [0.05, 0.1) is 0 Å². The van der Waals surface area contributed by atoms with Gasteiger partial charge in [0.15, 0.2) is 5.78 Å². The number of Topliss-reactive ketones (excluding diaryl/α,β-unsaturated/α-hetero) is 1. The second-order valence-electron chi connectivity index (χ2n) is 9.07. The topological polar surface area (TPSA) is 83.1 Å². The van der Waals surface area contributed by atoms with Crippen LogP contribution in [0.3, 0.4) is 0 Å². The van der Waals surface area contributed by atoms with Crippen LogP contribution in [0.5, 0.6) is 11.5 Å². The second kappa shape index (κ2) is 17.2. The summed E-state index contributed by atoms with van der Waals surface area (Å²) in [5.74, 6) is 0.660. The Morgan fingerprint density at radius 3 is 1.57 bits per heavy atom. The number of unbranched alkanes of at least 4 members (excludes halogenated alkanes) is 11. The minimum absolute atomic E-state index is 0.0468. The summed E-state index contributed by atoms with van der Waals surface area (Å²) < 4.78 is 9.70. The number of rotatable bonds is 18. The zero-order valence-corrected chi connectivity index (χ0v) is 21.0. The van der Waals surface area contributed by atoms with E-state index in [1.165, 1.54) is 64.2 Å². The molecule has 0 aromatic heterocycles. The van der Waals surface area contributed by atoms with Gasteiger partial charge in [-0.3, -0.25) is 4.79 Å². The summed E-state index contributed by atoms with van der Waals surface area (Å²) >= 11 is 0. The first-order valence-electron chi connectivity index (χ1n) is 13.1. The van der Waals surface area contributed by atoms with Crippen molar-refractivity contribution in [1.82, 2.24) is 0 Å². The fourth-order valence-electron chi connectivity index (χ4n) is 4.40. The maximum Gasteiger partial charge on any atom is 0.292 e. The van der Waals surface area contributed by atoms with E-state index in [2.05, 4.69) is 6.92 Å². The lowest BCUT2D eigenvalue weighted by Crippen LogP contribution is -2.13. The maximum absolute atomic E-state index is 13.4. The molecule has 0 aliphatic heterocycles. The van der Waals surface area contributed by atoms with Crippen LogP contribution in [0.4, 0.5) is 0 Å². The molecule has 0 aliphatic rings. The molecule has 1 unspecified atom stereocenters. The van der Waals surface area contributed by atoms with Crippen molar-refractivity contribution < 1.29 is 14.3 Å². The summed E-state index contributed by atoms with van der Waals surface area (Å²) in [6.07, 6.45) is 19.4. The Morgan fingerprint density at radius 2 is 1.11 bits per heavy atom. The van der Waals surface area contributed by atoms with E-state index in [0.717, 1.165) is 24.8 Å². The Hall–Kier alpha value is -3.31. The SMILES string of the molecule is CCCCCCCCCCCCCCC(C(=O)c1ccc(OC#N)cc1)c1ccc(OC#N)cc1. The van der Waals surface area contributed by atoms with Gasteiger partial charge < -0.3 is 9.47 Å². The summed E-state index contributed by atoms with van der Waals surface area (Å²) in [5.41, 5.74) is 1.51. The lowest BCUT2D eigenvalue weighted by molar-refractivity contribution is 0.0953. The average molecular weight is 475 g/mol. The van der Waals surface area contributed by atoms with Crippen molar-refractivity contribution in [3.05, 3.63) is 59.7 Å². The molecule has 0 saturated heterocycles. The predicted octanol–water partition coefficient (Wildman–Crippen LogP) is 8.46. The zero-order valence-electron chi connectivity index (χ0n) is 21.0. The molecule has 35 heavy (non-hydrogen) atoms. The number of nitriles is 2. The minimum Gasteiger partial charge on any atom is -0.388 e. The van der Waals surface area contributed by atoms with Crippen molar-refractivity contribution in [1.29, 1.82) is 10.5 Å². The van der Waals surface area contributed by atoms with Crippen LogP contribution in [-0.4, -0.2) is 5.78 Å². The van der Waals surface area contributed by atoms with Crippen LogP contribution in [0.1, 0.15) is 112 Å². The first-order chi connectivity index (χ1) is 17.2. The molecule has 1 atom stereocenters. The lowest BCUT2D eigenvalue weighted by atomic mass is 9.86. The van der Waals surface area contributed by atoms with E-state index in [-0.39, 0.29) is 11.7 Å². The predicted molar refractivity (Wildman–Crippen MR) is 138 cm³/mol. The average Bonchev–Trinajstić information content (AvgIpc) is 2.88. The first-order valence-corrected chi connectivity index (χ1v) is 13.1. The Morgan fingerprint density at radius 1 is 0.686 bits per heavy atom. The van der Waals surface area contributed by atoms with Gasteiger partial charge >= 0.3 is 0 Å². The van der Waals surface area contributed by atoms with Crippen molar-refractivity contribution in [2.24, 2.45) is 0 Å². The smallest absolute Gasteiger partial charge is 0.292 e. The van der Waals surface area contributed by atoms with E-state index < -0.39 is 0 Å². The third kappa shape index (κ3) is 10.7. The summed E-state index contributed by atoms with van der Waals surface area (Å²) in [6.45, 7) is 2.25. The molecule has 2 aromatic carbocycles. The van der Waals surface area contributed by atoms with Gasteiger partial charge in [-0.15, -0.1) is 10.5 Å². The van der Waals surface area contributed by atoms with Gasteiger partial charge in [-0.25, -0.2) is 0 Å². The van der Waals surface area contributed by atoms with E-state index in [9.17, 15) is 4.79 Å². The van der Waals surface area contributed by atoms with Crippen LogP contribution in [0.25, 0.3) is 0 Å². The van der Waals surface area contributed by atoms with E-state index in [4.69, 9.17) is 20.0 Å². The monoisotopic (exact) mass is 474 g/mol. The largest absolute Gasteiger partial charge is 0.388 e. The standard InChI is InChI=1S/C30H38N2O3/c1-2-3-4-5-6-7-8-9-10-11-12-13-14-29(25-15-19-27(20-16-25)34-23-31)30(33)26-17-21-28(22-18-26)35-24-32/h15-22,29H,2-14H2,1H3. The Balaban J connectivity index is 1.85. The highest BCUT2D eigenvalue weighted by molar-refractivity contribution is 6.01. The van der Waals surface area contributed by atoms with Gasteiger partial charge in [-0.05, 0) is 48.4 Å². The highest BCUT2D eigenvalue weighted by atomic mass is 16.5. The number of carbonyl (C=O) groups is 1. The molecule has 0 amide bonds. The van der Waals surface area contributed by atoms with Crippen molar-refractivity contribution in [2.75, 3.05) is 0 Å². The lowest BCUT2D eigenvalue weighted by Gasteiger charge is -2.17. The van der Waals surface area contributed by atoms with Crippen LogP contribution in [0, 0.1) is 23.0 Å². The third-order valence-corrected chi connectivity index (χ3v) is 6.41. The summed E-state index contributed by atoms with van der Waals surface area (Å²) in [7, 11) is 0. The number of carbonyl (C=O) groups excluding carboxylic acids is 1. The van der Waals surface area contributed by atoms with Crippen molar-refractivity contribution >= 4 is 5.78 Å². The molecule has 0 N–H and O–H groups in total. The molecular weight excluding hydrogens is 436 g/mol. The van der Waals surface area contributed by atoms with Crippen LogP contribution in [-0.2, 0) is 0 Å². The molecule has 0 fully saturated rings. The Kier molecular flexibility index (Phi) is 13.7. The van der Waals surface area contributed by atoms with Crippen molar-refractivity contribution in [2.45, 2.75) is 96.3 Å². The van der Waals surface area contributed by atoms with E-state index in [1.807, 2.05) is 12.1 Å². The number of hydrogen-bond donors (Lipinski definition) is 0. The van der Waals surface area contributed by atoms with Gasteiger partial charge in [0, 0.05) is 11.5 Å². The minimum atomic E-state index is -0.267. The van der Waals surface area contributed by atoms with Crippen LogP contribution < -0.4 is 9.47 Å². The molecule has 186 valence electrons. The fourth-order valence-corrected chi connectivity index (χ4v) is 4.40. The zero-order chi connectivity index (χ0) is 25.1. The Bertz CT molecular complexity index is 940. The van der Waals surface area contributed by atoms with Crippen LogP contribution in [0.2, 0.25) is 0 Å². The van der Waals surface area contributed by atoms with Crippen molar-refractivity contribution in [3.8, 4) is 24.0 Å². The maximum atomic E-state index is 13.4. The number of ether oxygens (including phenoxy) is 2. The molecule has 0 bridgehead atoms. The normalized spacial score (nSPS) is 11.3. The molecule has 2 rings (SSSR count). The quantitative estimate of drug-likeness (QED) is 0.123. The number of ketones is 1. The summed E-state index contributed by atoms with van der Waals surface area (Å²) in [4.78, 5) is 13.4. The van der Waals surface area contributed by atoms with Crippen LogP contribution >= 0.6 is 0 Å². The molecule has 0 spiro atoms. The molecule has 0 heterocycles. The van der Waals surface area contributed by atoms with E-state index in [0.29, 0.717) is 17.1 Å². The summed E-state index contributed by atoms with van der Waals surface area (Å²) in [5, 5.41) is 17.4. The van der Waals surface area contributed by atoms with Gasteiger partial charge in [0.25, 0.3) is 12.5 Å². The van der Waals surface area contributed by atoms with Gasteiger partial charge in [-0.1, -0.05) is 96.1 Å². The second-order valence-corrected chi connectivity index (χ2v) is 9.07. The Labute approximate surface area is 210 Å². The van der Waals surface area contributed by atoms with Gasteiger partial charge in [0.1, 0.15) is 11.5 Å². The molecule has 0 saturated carbocycles. The number of nitrogens with zero attached hydrogens (tertiary/aromatic N) is 2. The third-order valence-electron chi connectivity index (χ3n) is 6.41. The van der Waals surface area contributed by atoms with Crippen LogP contribution in [0.15, 0.2) is 48.5 Å². The first kappa shape index (κ1) is 27.9. The van der Waals surface area contributed by atoms with E-state index >= 15 is 0 Å². The number of benzene rings is 2. The van der Waals surface area contributed by atoms with E-state index in [1.54, 1.807) is 48.9 Å².